The van der Waals surface area contributed by atoms with Crippen molar-refractivity contribution < 1.29 is 22.7 Å². The van der Waals surface area contributed by atoms with Gasteiger partial charge in [-0.3, -0.25) is 4.79 Å². The number of alkyl halides is 3. The summed E-state index contributed by atoms with van der Waals surface area (Å²) >= 11 is 6.21. The molecule has 3 aromatic carbocycles. The molecule has 3 N–H and O–H groups in total. The van der Waals surface area contributed by atoms with E-state index < -0.39 is 17.5 Å². The zero-order valence-corrected chi connectivity index (χ0v) is 19.0. The monoisotopic (exact) mass is 494 g/mol. The zero-order valence-electron chi connectivity index (χ0n) is 17.4. The van der Waals surface area contributed by atoms with Crippen molar-refractivity contribution >= 4 is 29.3 Å². The van der Waals surface area contributed by atoms with Crippen LogP contribution in [0.25, 0.3) is 0 Å². The summed E-state index contributed by atoms with van der Waals surface area (Å²) in [6.07, 6.45) is 0.468. The number of nitrogens with one attached hydrogen (secondary N) is 1. The van der Waals surface area contributed by atoms with Crippen LogP contribution in [0.2, 0.25) is 5.02 Å². The molecule has 33 heavy (non-hydrogen) atoms. The van der Waals surface area contributed by atoms with E-state index in [1.165, 1.54) is 12.1 Å². The number of benzene rings is 3. The van der Waals surface area contributed by atoms with Crippen LogP contribution < -0.4 is 15.8 Å². The van der Waals surface area contributed by atoms with Crippen molar-refractivity contribution in [1.29, 1.82) is 0 Å². The Morgan fingerprint density at radius 1 is 1.03 bits per heavy atom. The number of carbonyl (C=O) groups excluding carboxylic acids is 1. The van der Waals surface area contributed by atoms with E-state index in [1.807, 2.05) is 30.3 Å². The maximum absolute atomic E-state index is 12.4. The summed E-state index contributed by atoms with van der Waals surface area (Å²) in [6, 6.07) is 20.2. The minimum atomic E-state index is -4.32. The highest BCUT2D eigenvalue weighted by Gasteiger charge is 2.29. The molecule has 3 rings (SSSR count). The van der Waals surface area contributed by atoms with Crippen LogP contribution in [0.1, 0.15) is 16.7 Å². The number of thioether (sulfide) groups is 1. The molecule has 0 heterocycles. The highest BCUT2D eigenvalue weighted by Crippen LogP contribution is 2.36. The zero-order chi connectivity index (χ0) is 23.8. The van der Waals surface area contributed by atoms with E-state index in [-0.39, 0.29) is 23.3 Å². The molecular weight excluding hydrogens is 473 g/mol. The van der Waals surface area contributed by atoms with Gasteiger partial charge in [0.1, 0.15) is 12.4 Å². The first kappa shape index (κ1) is 25.0. The maximum atomic E-state index is 12.4. The van der Waals surface area contributed by atoms with Crippen molar-refractivity contribution in [3.8, 4) is 5.75 Å². The fraction of sp³-hybridized carbons (Fsp3) is 0.208. The molecular formula is C24H22ClF3N2O2S. The van der Waals surface area contributed by atoms with E-state index in [9.17, 15) is 18.0 Å². The lowest BCUT2D eigenvalue weighted by molar-refractivity contribution is -0.120. The summed E-state index contributed by atoms with van der Waals surface area (Å²) in [6.45, 7) is 0.531. The summed E-state index contributed by atoms with van der Waals surface area (Å²) in [5.74, 6) is 0.0720. The Hall–Kier alpha value is -2.68. The quantitative estimate of drug-likeness (QED) is 0.354. The molecule has 0 bridgehead atoms. The Bertz CT molecular complexity index is 1060. The minimum absolute atomic E-state index is 0.118. The summed E-state index contributed by atoms with van der Waals surface area (Å²) in [5, 5.41) is 3.60. The van der Waals surface area contributed by atoms with Gasteiger partial charge in [0.2, 0.25) is 5.91 Å². The second-order valence-corrected chi connectivity index (χ2v) is 8.80. The highest BCUT2D eigenvalue weighted by atomic mass is 35.5. The predicted octanol–water partition coefficient (Wildman–Crippen LogP) is 5.72. The van der Waals surface area contributed by atoms with E-state index in [1.54, 1.807) is 30.3 Å². The second-order valence-electron chi connectivity index (χ2n) is 7.26. The Morgan fingerprint density at radius 3 is 2.33 bits per heavy atom. The molecule has 3 aromatic rings. The normalized spacial score (nSPS) is 12.4. The number of primary amides is 1. The van der Waals surface area contributed by atoms with Gasteiger partial charge in [0.15, 0.2) is 0 Å². The Labute approximate surface area is 199 Å². The van der Waals surface area contributed by atoms with E-state index in [0.717, 1.165) is 16.7 Å². The molecule has 0 saturated carbocycles. The lowest BCUT2D eigenvalue weighted by Gasteiger charge is -2.16. The molecule has 0 radical (unpaired) electrons. The number of ether oxygens (including phenoxy) is 1. The van der Waals surface area contributed by atoms with Crippen molar-refractivity contribution in [3.63, 3.8) is 0 Å². The summed E-state index contributed by atoms with van der Waals surface area (Å²) in [5.41, 5.74) is 3.72. The predicted molar refractivity (Wildman–Crippen MR) is 124 cm³/mol. The van der Waals surface area contributed by atoms with Gasteiger partial charge in [-0.25, -0.2) is 0 Å². The average molecular weight is 495 g/mol. The molecule has 174 valence electrons. The van der Waals surface area contributed by atoms with Crippen LogP contribution in [0.3, 0.4) is 0 Å². The van der Waals surface area contributed by atoms with Gasteiger partial charge in [-0.1, -0.05) is 60.1 Å². The molecule has 0 aliphatic heterocycles. The minimum Gasteiger partial charge on any atom is -0.489 e. The van der Waals surface area contributed by atoms with Gasteiger partial charge in [-0.15, -0.1) is 0 Å². The van der Waals surface area contributed by atoms with Crippen LogP contribution in [0, 0.1) is 0 Å². The van der Waals surface area contributed by atoms with Gasteiger partial charge in [-0.05, 0) is 59.1 Å². The molecule has 0 aliphatic rings. The molecule has 4 nitrogen and oxygen atoms in total. The Morgan fingerprint density at radius 2 is 1.73 bits per heavy atom. The summed E-state index contributed by atoms with van der Waals surface area (Å²) in [7, 11) is 0. The number of carbonyl (C=O) groups is 1. The Balaban J connectivity index is 1.54. The third-order valence-electron chi connectivity index (χ3n) is 4.75. The maximum Gasteiger partial charge on any atom is 0.446 e. The SMILES string of the molecule is NC(=O)C(Cc1ccccc1)NCc1ccc(OCc2ccc(SC(F)(F)F)cc2)cc1Cl. The first-order valence-electron chi connectivity index (χ1n) is 10.0. The fourth-order valence-corrected chi connectivity index (χ4v) is 3.85. The molecule has 9 heteroatoms. The molecule has 0 saturated heterocycles. The second kappa shape index (κ2) is 11.4. The lowest BCUT2D eigenvalue weighted by atomic mass is 10.1. The van der Waals surface area contributed by atoms with Gasteiger partial charge in [0.25, 0.3) is 0 Å². The van der Waals surface area contributed by atoms with Crippen LogP contribution in [-0.2, 0) is 24.4 Å². The molecule has 0 spiro atoms. The van der Waals surface area contributed by atoms with E-state index in [4.69, 9.17) is 22.1 Å². The molecule has 1 unspecified atom stereocenters. The average Bonchev–Trinajstić information content (AvgIpc) is 2.76. The standard InChI is InChI=1S/C24H22ClF3N2O2S/c25-21-13-19(32-15-17-6-10-20(11-7-17)33-24(26,27)28)9-8-18(21)14-30-22(23(29)31)12-16-4-2-1-3-5-16/h1-11,13,22,30H,12,14-15H2,(H2,29,31). The molecule has 0 aliphatic carbocycles. The smallest absolute Gasteiger partial charge is 0.446 e. The third kappa shape index (κ3) is 8.31. The summed E-state index contributed by atoms with van der Waals surface area (Å²) < 4.78 is 43.0. The van der Waals surface area contributed by atoms with Crippen LogP contribution in [0.4, 0.5) is 13.2 Å². The Kier molecular flexibility index (Phi) is 8.66. The van der Waals surface area contributed by atoms with Crippen molar-refractivity contribution in [2.45, 2.75) is 36.0 Å². The van der Waals surface area contributed by atoms with E-state index in [2.05, 4.69) is 5.32 Å². The van der Waals surface area contributed by atoms with Gasteiger partial charge < -0.3 is 15.8 Å². The number of rotatable bonds is 10. The van der Waals surface area contributed by atoms with Crippen LogP contribution in [0.5, 0.6) is 5.75 Å². The van der Waals surface area contributed by atoms with E-state index in [0.29, 0.717) is 23.7 Å². The van der Waals surface area contributed by atoms with E-state index >= 15 is 0 Å². The van der Waals surface area contributed by atoms with Gasteiger partial charge in [0.05, 0.1) is 6.04 Å². The van der Waals surface area contributed by atoms with Crippen molar-refractivity contribution in [3.05, 3.63) is 94.5 Å². The first-order chi connectivity index (χ1) is 15.7. The number of amides is 1. The van der Waals surface area contributed by atoms with Crippen LogP contribution >= 0.6 is 23.4 Å². The number of nitrogens with two attached hydrogens (primary N) is 1. The van der Waals surface area contributed by atoms with Gasteiger partial charge >= 0.3 is 5.51 Å². The van der Waals surface area contributed by atoms with Crippen molar-refractivity contribution in [2.75, 3.05) is 0 Å². The van der Waals surface area contributed by atoms with Gasteiger partial charge in [0, 0.05) is 16.5 Å². The molecule has 1 amide bonds. The largest absolute Gasteiger partial charge is 0.489 e. The first-order valence-corrected chi connectivity index (χ1v) is 11.2. The molecule has 0 fully saturated rings. The summed E-state index contributed by atoms with van der Waals surface area (Å²) in [4.78, 5) is 11.9. The number of hydrogen-bond acceptors (Lipinski definition) is 4. The number of hydrogen-bond donors (Lipinski definition) is 2. The molecule has 0 aromatic heterocycles. The van der Waals surface area contributed by atoms with Crippen LogP contribution in [-0.4, -0.2) is 17.5 Å². The third-order valence-corrected chi connectivity index (χ3v) is 5.84. The number of halogens is 4. The van der Waals surface area contributed by atoms with Gasteiger partial charge in [-0.2, -0.15) is 13.2 Å². The molecule has 1 atom stereocenters. The highest BCUT2D eigenvalue weighted by molar-refractivity contribution is 8.00. The van der Waals surface area contributed by atoms with Crippen molar-refractivity contribution in [1.82, 2.24) is 5.32 Å². The lowest BCUT2D eigenvalue weighted by Crippen LogP contribution is -2.42. The topological polar surface area (TPSA) is 64.4 Å². The fourth-order valence-electron chi connectivity index (χ4n) is 3.07. The van der Waals surface area contributed by atoms with Crippen molar-refractivity contribution in [2.24, 2.45) is 5.73 Å². The van der Waals surface area contributed by atoms with Crippen LogP contribution in [0.15, 0.2) is 77.7 Å².